The molecule has 6 heteroatoms. The van der Waals surface area contributed by atoms with Crippen LogP contribution in [0.3, 0.4) is 0 Å². The number of furan rings is 1. The number of likely N-dealkylation sites (tertiary alicyclic amines) is 1. The molecule has 0 amide bonds. The highest BCUT2D eigenvalue weighted by Gasteiger charge is 2.25. The molecule has 1 aromatic carbocycles. The van der Waals surface area contributed by atoms with Gasteiger partial charge < -0.3 is 15.5 Å². The average Bonchev–Trinajstić information content (AvgIpc) is 3.28. The molecule has 5 nitrogen and oxygen atoms in total. The van der Waals surface area contributed by atoms with Crippen molar-refractivity contribution in [3.05, 3.63) is 53.5 Å². The zero-order valence-electron chi connectivity index (χ0n) is 15.6. The Morgan fingerprint density at radius 3 is 2.69 bits per heavy atom. The second kappa shape index (κ2) is 9.97. The maximum atomic E-state index is 6.12. The van der Waals surface area contributed by atoms with Crippen LogP contribution in [-0.4, -0.2) is 30.5 Å². The second-order valence-corrected chi connectivity index (χ2v) is 6.61. The summed E-state index contributed by atoms with van der Waals surface area (Å²) in [6.45, 7) is 6.89. The third-order valence-corrected chi connectivity index (χ3v) is 4.71. The molecule has 142 valence electrons. The van der Waals surface area contributed by atoms with E-state index < -0.39 is 0 Å². The Labute approximate surface area is 173 Å². The Balaban J connectivity index is 0.00000243. The van der Waals surface area contributed by atoms with Crippen LogP contribution in [0.2, 0.25) is 0 Å². The molecular weight excluding hydrogens is 439 g/mol. The summed E-state index contributed by atoms with van der Waals surface area (Å²) in [4.78, 5) is 7.02. The molecule has 3 N–H and O–H groups in total. The molecule has 1 aliphatic heterocycles. The second-order valence-electron chi connectivity index (χ2n) is 6.61. The lowest BCUT2D eigenvalue weighted by Crippen LogP contribution is -2.30. The normalized spacial score (nSPS) is 16.3. The fraction of sp³-hybridized carbons (Fsp3) is 0.450. The van der Waals surface area contributed by atoms with Gasteiger partial charge in [0, 0.05) is 5.69 Å². The maximum absolute atomic E-state index is 6.12. The first-order valence-electron chi connectivity index (χ1n) is 9.12. The van der Waals surface area contributed by atoms with Crippen molar-refractivity contribution in [2.45, 2.75) is 39.2 Å². The van der Waals surface area contributed by atoms with E-state index in [4.69, 9.17) is 10.2 Å². The quantitative estimate of drug-likeness (QED) is 0.376. The minimum absolute atomic E-state index is 0. The van der Waals surface area contributed by atoms with Crippen molar-refractivity contribution in [1.82, 2.24) is 4.90 Å². The minimum Gasteiger partial charge on any atom is -0.465 e. The van der Waals surface area contributed by atoms with E-state index in [1.165, 1.54) is 18.4 Å². The van der Waals surface area contributed by atoms with E-state index in [-0.39, 0.29) is 30.0 Å². The van der Waals surface area contributed by atoms with Gasteiger partial charge in [-0.1, -0.05) is 19.1 Å². The summed E-state index contributed by atoms with van der Waals surface area (Å²) in [5.41, 5.74) is 8.37. The van der Waals surface area contributed by atoms with Gasteiger partial charge in [0.25, 0.3) is 0 Å². The topological polar surface area (TPSA) is 66.8 Å². The number of hydrogen-bond acceptors (Lipinski definition) is 3. The Morgan fingerprint density at radius 2 is 2.04 bits per heavy atom. The molecule has 0 saturated carbocycles. The molecule has 3 rings (SSSR count). The van der Waals surface area contributed by atoms with E-state index in [2.05, 4.69) is 40.3 Å². The zero-order valence-corrected chi connectivity index (χ0v) is 17.9. The number of hydrogen-bond donors (Lipinski definition) is 2. The Bertz CT molecular complexity index is 722. The summed E-state index contributed by atoms with van der Waals surface area (Å²) >= 11 is 0. The summed E-state index contributed by atoms with van der Waals surface area (Å²) in [5, 5.41) is 3.20. The number of halogens is 1. The molecule has 1 saturated heterocycles. The van der Waals surface area contributed by atoms with Crippen LogP contribution in [0, 0.1) is 6.92 Å². The highest BCUT2D eigenvalue weighted by Crippen LogP contribution is 2.27. The van der Waals surface area contributed by atoms with Gasteiger partial charge in [-0.15, -0.1) is 24.0 Å². The van der Waals surface area contributed by atoms with Crippen molar-refractivity contribution in [3.63, 3.8) is 0 Å². The summed E-state index contributed by atoms with van der Waals surface area (Å²) in [6, 6.07) is 12.5. The van der Waals surface area contributed by atoms with Gasteiger partial charge in [-0.05, 0) is 69.1 Å². The molecule has 0 spiro atoms. The third kappa shape index (κ3) is 5.48. The SMILES string of the molecule is CCc1cccc(NC(N)=NCC(c2ccc(C)o2)N2CCCC2)c1.I. The summed E-state index contributed by atoms with van der Waals surface area (Å²) in [6.07, 6.45) is 3.47. The third-order valence-electron chi connectivity index (χ3n) is 4.71. The van der Waals surface area contributed by atoms with Crippen LogP contribution in [0.5, 0.6) is 0 Å². The minimum atomic E-state index is 0. The van der Waals surface area contributed by atoms with E-state index >= 15 is 0 Å². The molecule has 1 fully saturated rings. The van der Waals surface area contributed by atoms with Crippen molar-refractivity contribution < 1.29 is 4.42 Å². The van der Waals surface area contributed by atoms with Crippen molar-refractivity contribution in [1.29, 1.82) is 0 Å². The highest BCUT2D eigenvalue weighted by molar-refractivity contribution is 14.0. The van der Waals surface area contributed by atoms with E-state index in [0.717, 1.165) is 36.7 Å². The molecule has 0 radical (unpaired) electrons. The fourth-order valence-electron chi connectivity index (χ4n) is 3.31. The van der Waals surface area contributed by atoms with Crippen molar-refractivity contribution >= 4 is 35.6 Å². The monoisotopic (exact) mass is 468 g/mol. The molecule has 26 heavy (non-hydrogen) atoms. The highest BCUT2D eigenvalue weighted by atomic mass is 127. The number of rotatable bonds is 6. The number of anilines is 1. The predicted octanol–water partition coefficient (Wildman–Crippen LogP) is 4.33. The van der Waals surface area contributed by atoms with Crippen LogP contribution < -0.4 is 11.1 Å². The van der Waals surface area contributed by atoms with Crippen LogP contribution in [0.15, 0.2) is 45.8 Å². The number of aryl methyl sites for hydroxylation is 2. The van der Waals surface area contributed by atoms with Gasteiger partial charge in [-0.3, -0.25) is 9.89 Å². The molecule has 1 atom stereocenters. The number of nitrogens with one attached hydrogen (secondary N) is 1. The first-order chi connectivity index (χ1) is 12.2. The van der Waals surface area contributed by atoms with E-state index in [1.54, 1.807) is 0 Å². The van der Waals surface area contributed by atoms with Crippen LogP contribution >= 0.6 is 24.0 Å². The van der Waals surface area contributed by atoms with Crippen LogP contribution in [-0.2, 0) is 6.42 Å². The van der Waals surface area contributed by atoms with Gasteiger partial charge in [0.1, 0.15) is 11.5 Å². The lowest BCUT2D eigenvalue weighted by molar-refractivity contribution is 0.219. The number of aliphatic imine (C=N–C) groups is 1. The van der Waals surface area contributed by atoms with Gasteiger partial charge in [-0.25, -0.2) is 0 Å². The molecule has 1 unspecified atom stereocenters. The largest absolute Gasteiger partial charge is 0.465 e. The average molecular weight is 468 g/mol. The van der Waals surface area contributed by atoms with E-state index in [0.29, 0.717) is 12.5 Å². The van der Waals surface area contributed by atoms with E-state index in [1.807, 2.05) is 25.1 Å². The molecule has 0 bridgehead atoms. The number of nitrogens with zero attached hydrogens (tertiary/aromatic N) is 2. The Kier molecular flexibility index (Phi) is 7.96. The number of benzene rings is 1. The van der Waals surface area contributed by atoms with E-state index in [9.17, 15) is 0 Å². The van der Waals surface area contributed by atoms with Gasteiger partial charge >= 0.3 is 0 Å². The molecule has 1 aliphatic rings. The fourth-order valence-corrected chi connectivity index (χ4v) is 3.31. The zero-order chi connectivity index (χ0) is 17.6. The van der Waals surface area contributed by atoms with Crippen molar-refractivity contribution in [2.24, 2.45) is 10.7 Å². The maximum Gasteiger partial charge on any atom is 0.193 e. The molecule has 0 aliphatic carbocycles. The first kappa shape index (κ1) is 20.8. The van der Waals surface area contributed by atoms with Gasteiger partial charge in [0.05, 0.1) is 12.6 Å². The van der Waals surface area contributed by atoms with Crippen molar-refractivity contribution in [3.8, 4) is 0 Å². The summed E-state index contributed by atoms with van der Waals surface area (Å²) in [7, 11) is 0. The summed E-state index contributed by atoms with van der Waals surface area (Å²) in [5.74, 6) is 2.36. The lowest BCUT2D eigenvalue weighted by Gasteiger charge is -2.24. The lowest BCUT2D eigenvalue weighted by atomic mass is 10.1. The standard InChI is InChI=1S/C20H28N4O.HI/c1-3-16-7-6-8-17(13-16)23-20(21)22-14-18(24-11-4-5-12-24)19-10-9-15(2)25-19;/h6-10,13,18H,3-5,11-12,14H2,1-2H3,(H3,21,22,23);1H. The molecule has 2 heterocycles. The van der Waals surface area contributed by atoms with Crippen LogP contribution in [0.4, 0.5) is 5.69 Å². The van der Waals surface area contributed by atoms with Crippen LogP contribution in [0.1, 0.15) is 42.9 Å². The van der Waals surface area contributed by atoms with Gasteiger partial charge in [-0.2, -0.15) is 0 Å². The summed E-state index contributed by atoms with van der Waals surface area (Å²) < 4.78 is 5.87. The Hall–Kier alpha value is -1.54. The molecule has 1 aromatic heterocycles. The van der Waals surface area contributed by atoms with Crippen LogP contribution in [0.25, 0.3) is 0 Å². The molecular formula is C20H29IN4O. The smallest absolute Gasteiger partial charge is 0.193 e. The molecule has 2 aromatic rings. The predicted molar refractivity (Wildman–Crippen MR) is 118 cm³/mol. The number of nitrogens with two attached hydrogens (primary N) is 1. The van der Waals surface area contributed by atoms with Gasteiger partial charge in [0.15, 0.2) is 5.96 Å². The van der Waals surface area contributed by atoms with Crippen molar-refractivity contribution in [2.75, 3.05) is 25.0 Å². The number of guanidine groups is 1. The van der Waals surface area contributed by atoms with Gasteiger partial charge in [0.2, 0.25) is 0 Å². The Morgan fingerprint density at radius 1 is 1.27 bits per heavy atom. The first-order valence-corrected chi connectivity index (χ1v) is 9.12.